The van der Waals surface area contributed by atoms with Gasteiger partial charge in [0.2, 0.25) is 0 Å². The van der Waals surface area contributed by atoms with Crippen LogP contribution in [0.1, 0.15) is 44.7 Å². The van der Waals surface area contributed by atoms with E-state index < -0.39 is 0 Å². The first-order chi connectivity index (χ1) is 11.4. The molecule has 4 heteroatoms. The second-order valence-corrected chi connectivity index (χ2v) is 7.33. The zero-order valence-electron chi connectivity index (χ0n) is 15.0. The summed E-state index contributed by atoms with van der Waals surface area (Å²) in [7, 11) is 0. The number of piperidine rings is 1. The van der Waals surface area contributed by atoms with E-state index in [1.54, 1.807) is 0 Å². The molecule has 1 saturated heterocycles. The van der Waals surface area contributed by atoms with Gasteiger partial charge in [-0.2, -0.15) is 0 Å². The summed E-state index contributed by atoms with van der Waals surface area (Å²) >= 11 is 0. The van der Waals surface area contributed by atoms with Crippen LogP contribution in [0.2, 0.25) is 0 Å². The van der Waals surface area contributed by atoms with Crippen molar-refractivity contribution in [1.82, 2.24) is 9.80 Å². The number of benzene rings is 1. The van der Waals surface area contributed by atoms with Crippen LogP contribution in [0.15, 0.2) is 30.0 Å². The fraction of sp³-hybridized carbons (Fsp3) is 0.500. The molecule has 0 aromatic heterocycles. The molecule has 2 aliphatic rings. The third-order valence-corrected chi connectivity index (χ3v) is 5.05. The molecule has 24 heavy (non-hydrogen) atoms. The fourth-order valence-corrected chi connectivity index (χ4v) is 3.51. The monoisotopic (exact) mass is 326 g/mol. The first-order valence-electron chi connectivity index (χ1n) is 8.84. The van der Waals surface area contributed by atoms with Crippen molar-refractivity contribution in [2.24, 2.45) is 5.92 Å². The first-order valence-corrected chi connectivity index (χ1v) is 8.84. The van der Waals surface area contributed by atoms with Crippen LogP contribution >= 0.6 is 0 Å². The molecule has 0 spiro atoms. The van der Waals surface area contributed by atoms with Gasteiger partial charge in [-0.1, -0.05) is 36.8 Å². The third kappa shape index (κ3) is 2.85. The zero-order valence-corrected chi connectivity index (χ0v) is 15.0. The van der Waals surface area contributed by atoms with E-state index in [-0.39, 0.29) is 17.9 Å². The smallest absolute Gasteiger partial charge is 0.278 e. The minimum atomic E-state index is -0.160. The number of nitrogens with zero attached hydrogens (tertiary/aromatic N) is 2. The highest BCUT2D eigenvalue weighted by Gasteiger charge is 2.43. The minimum Gasteiger partial charge on any atom is -0.366 e. The highest BCUT2D eigenvalue weighted by molar-refractivity contribution is 6.35. The molecular weight excluding hydrogens is 300 g/mol. The van der Waals surface area contributed by atoms with E-state index in [4.69, 9.17) is 0 Å². The number of aryl methyl sites for hydroxylation is 1. The summed E-state index contributed by atoms with van der Waals surface area (Å²) in [5, 5.41) is 0. The second kappa shape index (κ2) is 6.42. The van der Waals surface area contributed by atoms with Gasteiger partial charge in [-0.05, 0) is 45.1 Å². The van der Waals surface area contributed by atoms with Gasteiger partial charge in [-0.25, -0.2) is 0 Å². The Bertz CT molecular complexity index is 680. The van der Waals surface area contributed by atoms with Gasteiger partial charge in [-0.15, -0.1) is 0 Å². The molecule has 2 heterocycles. The average molecular weight is 326 g/mol. The maximum Gasteiger partial charge on any atom is 0.278 e. The number of likely N-dealkylation sites (tertiary alicyclic amines) is 1. The lowest BCUT2D eigenvalue weighted by Crippen LogP contribution is -2.41. The topological polar surface area (TPSA) is 40.6 Å². The van der Waals surface area contributed by atoms with Gasteiger partial charge in [0.25, 0.3) is 11.8 Å². The van der Waals surface area contributed by atoms with E-state index in [1.807, 2.05) is 45.0 Å². The van der Waals surface area contributed by atoms with E-state index in [1.165, 1.54) is 4.90 Å². The highest BCUT2D eigenvalue weighted by Crippen LogP contribution is 2.34. The molecule has 1 aromatic rings. The van der Waals surface area contributed by atoms with Crippen LogP contribution in [-0.2, 0) is 9.59 Å². The predicted molar refractivity (Wildman–Crippen MR) is 95.1 cm³/mol. The molecule has 0 N–H and O–H groups in total. The first kappa shape index (κ1) is 16.7. The van der Waals surface area contributed by atoms with E-state index in [0.717, 1.165) is 37.1 Å². The van der Waals surface area contributed by atoms with E-state index in [0.29, 0.717) is 17.2 Å². The molecule has 1 aromatic carbocycles. The zero-order chi connectivity index (χ0) is 17.4. The van der Waals surface area contributed by atoms with Gasteiger partial charge in [0.1, 0.15) is 5.70 Å². The van der Waals surface area contributed by atoms with Crippen molar-refractivity contribution in [2.75, 3.05) is 13.1 Å². The highest BCUT2D eigenvalue weighted by atomic mass is 16.2. The summed E-state index contributed by atoms with van der Waals surface area (Å²) < 4.78 is 0. The Morgan fingerprint density at radius 1 is 1.00 bits per heavy atom. The summed E-state index contributed by atoms with van der Waals surface area (Å²) in [4.78, 5) is 29.5. The van der Waals surface area contributed by atoms with Crippen LogP contribution in [0, 0.1) is 12.8 Å². The lowest BCUT2D eigenvalue weighted by Gasteiger charge is -2.33. The van der Waals surface area contributed by atoms with Crippen molar-refractivity contribution >= 4 is 17.4 Å². The van der Waals surface area contributed by atoms with Gasteiger partial charge in [0.15, 0.2) is 0 Å². The van der Waals surface area contributed by atoms with E-state index in [9.17, 15) is 9.59 Å². The van der Waals surface area contributed by atoms with Crippen LogP contribution in [-0.4, -0.2) is 40.7 Å². The van der Waals surface area contributed by atoms with Crippen molar-refractivity contribution in [3.63, 3.8) is 0 Å². The Labute approximate surface area is 144 Å². The fourth-order valence-electron chi connectivity index (χ4n) is 3.51. The van der Waals surface area contributed by atoms with Crippen molar-refractivity contribution < 1.29 is 9.59 Å². The summed E-state index contributed by atoms with van der Waals surface area (Å²) in [6.45, 7) is 9.74. The second-order valence-electron chi connectivity index (χ2n) is 7.33. The predicted octanol–water partition coefficient (Wildman–Crippen LogP) is 3.22. The van der Waals surface area contributed by atoms with Crippen LogP contribution in [0.25, 0.3) is 5.57 Å². The Kier molecular flexibility index (Phi) is 4.48. The summed E-state index contributed by atoms with van der Waals surface area (Å²) in [5.74, 6) is 0.380. The van der Waals surface area contributed by atoms with Crippen molar-refractivity contribution in [3.05, 3.63) is 41.1 Å². The molecule has 4 nitrogen and oxygen atoms in total. The van der Waals surface area contributed by atoms with Crippen molar-refractivity contribution in [3.8, 4) is 0 Å². The molecule has 1 fully saturated rings. The van der Waals surface area contributed by atoms with Crippen LogP contribution in [0.5, 0.6) is 0 Å². The molecule has 0 saturated carbocycles. The Morgan fingerprint density at radius 2 is 1.58 bits per heavy atom. The normalized spacial score (nSPS) is 19.9. The van der Waals surface area contributed by atoms with Gasteiger partial charge >= 0.3 is 0 Å². The molecule has 0 radical (unpaired) electrons. The van der Waals surface area contributed by atoms with Crippen molar-refractivity contribution in [2.45, 2.75) is 46.6 Å². The number of carbonyl (C=O) groups excluding carboxylic acids is 2. The third-order valence-electron chi connectivity index (χ3n) is 5.05. The maximum absolute atomic E-state index is 13.0. The Balaban J connectivity index is 2.07. The lowest BCUT2D eigenvalue weighted by molar-refractivity contribution is -0.139. The quantitative estimate of drug-likeness (QED) is 0.801. The molecule has 2 aliphatic heterocycles. The van der Waals surface area contributed by atoms with Gasteiger partial charge in [0, 0.05) is 19.1 Å². The minimum absolute atomic E-state index is 0.133. The van der Waals surface area contributed by atoms with E-state index >= 15 is 0 Å². The number of carbonyl (C=O) groups is 2. The molecule has 3 rings (SSSR count). The average Bonchev–Trinajstić information content (AvgIpc) is 2.80. The number of hydrogen-bond donors (Lipinski definition) is 0. The Morgan fingerprint density at radius 3 is 2.12 bits per heavy atom. The molecule has 0 aliphatic carbocycles. The van der Waals surface area contributed by atoms with Gasteiger partial charge in [-0.3, -0.25) is 14.5 Å². The van der Waals surface area contributed by atoms with Gasteiger partial charge < -0.3 is 4.90 Å². The molecule has 0 bridgehead atoms. The molecule has 2 amide bonds. The number of rotatable bonds is 3. The molecule has 128 valence electrons. The molecular formula is C20H26N2O2. The summed E-state index contributed by atoms with van der Waals surface area (Å²) in [6, 6.07) is 7.76. The number of amides is 2. The van der Waals surface area contributed by atoms with Crippen molar-refractivity contribution in [1.29, 1.82) is 0 Å². The number of imide groups is 1. The summed E-state index contributed by atoms with van der Waals surface area (Å²) in [6.07, 6.45) is 2.13. The van der Waals surface area contributed by atoms with Crippen LogP contribution in [0.4, 0.5) is 0 Å². The number of hydrogen-bond acceptors (Lipinski definition) is 3. The largest absolute Gasteiger partial charge is 0.366 e. The standard InChI is InChI=1S/C20H26N2O2/c1-13(2)22-19(23)17(16-7-5-14(3)6-8-16)18(20(22)24)21-11-9-15(4)10-12-21/h5-8,13,15H,9-12H2,1-4H3. The molecule has 0 atom stereocenters. The molecule has 0 unspecified atom stereocenters. The van der Waals surface area contributed by atoms with Crippen LogP contribution < -0.4 is 0 Å². The van der Waals surface area contributed by atoms with Gasteiger partial charge in [0.05, 0.1) is 5.57 Å². The SMILES string of the molecule is Cc1ccc(C2=C(N3CCC(C)CC3)C(=O)N(C(C)C)C2=O)cc1. The maximum atomic E-state index is 13.0. The van der Waals surface area contributed by atoms with Crippen LogP contribution in [0.3, 0.4) is 0 Å². The Hall–Kier alpha value is -2.10. The van der Waals surface area contributed by atoms with E-state index in [2.05, 4.69) is 11.8 Å². The lowest BCUT2D eigenvalue weighted by atomic mass is 9.97. The summed E-state index contributed by atoms with van der Waals surface area (Å²) in [5.41, 5.74) is 3.16.